The van der Waals surface area contributed by atoms with Crippen molar-refractivity contribution >= 4 is 43.8 Å². The van der Waals surface area contributed by atoms with Crippen molar-refractivity contribution in [2.45, 2.75) is 6.42 Å². The summed E-state index contributed by atoms with van der Waals surface area (Å²) >= 11 is 1.24. The van der Waals surface area contributed by atoms with Crippen LogP contribution >= 0.6 is 11.3 Å². The molecule has 0 saturated carbocycles. The van der Waals surface area contributed by atoms with Gasteiger partial charge in [-0.2, -0.15) is 0 Å². The van der Waals surface area contributed by atoms with Crippen LogP contribution in [0, 0.1) is 5.82 Å². The molecular formula is C13H15FN2O2S2. The SMILES string of the molecule is CS(=O)CCCNC(=O)c1sc2ccc(F)cc2c1N. The molecule has 1 atom stereocenters. The van der Waals surface area contributed by atoms with Crippen molar-refractivity contribution in [3.63, 3.8) is 0 Å². The van der Waals surface area contributed by atoms with E-state index in [2.05, 4.69) is 5.32 Å². The van der Waals surface area contributed by atoms with Gasteiger partial charge < -0.3 is 11.1 Å². The summed E-state index contributed by atoms with van der Waals surface area (Å²) in [6.07, 6.45) is 2.27. The van der Waals surface area contributed by atoms with Gasteiger partial charge in [-0.25, -0.2) is 4.39 Å². The number of rotatable bonds is 5. The molecule has 1 aromatic carbocycles. The summed E-state index contributed by atoms with van der Waals surface area (Å²) in [7, 11) is -0.859. The highest BCUT2D eigenvalue weighted by molar-refractivity contribution is 7.84. The summed E-state index contributed by atoms with van der Waals surface area (Å²) in [5.41, 5.74) is 6.20. The predicted octanol–water partition coefficient (Wildman–Crippen LogP) is 2.12. The number of carbonyl (C=O) groups is 1. The molecule has 2 aromatic rings. The lowest BCUT2D eigenvalue weighted by Crippen LogP contribution is -2.25. The zero-order valence-electron chi connectivity index (χ0n) is 10.9. The van der Waals surface area contributed by atoms with E-state index < -0.39 is 10.8 Å². The van der Waals surface area contributed by atoms with Gasteiger partial charge in [0.1, 0.15) is 10.7 Å². The lowest BCUT2D eigenvalue weighted by atomic mass is 10.2. The van der Waals surface area contributed by atoms with Gasteiger partial charge in [0.05, 0.1) is 5.69 Å². The van der Waals surface area contributed by atoms with Crippen molar-refractivity contribution in [2.75, 3.05) is 24.3 Å². The largest absolute Gasteiger partial charge is 0.397 e. The first-order valence-electron chi connectivity index (χ1n) is 6.05. The lowest BCUT2D eigenvalue weighted by molar-refractivity contribution is 0.0958. The molecule has 1 heterocycles. The lowest BCUT2D eigenvalue weighted by Gasteiger charge is -2.03. The van der Waals surface area contributed by atoms with Crippen LogP contribution in [0.15, 0.2) is 18.2 Å². The molecule has 1 unspecified atom stereocenters. The number of hydrogen-bond donors (Lipinski definition) is 2. The monoisotopic (exact) mass is 314 g/mol. The van der Waals surface area contributed by atoms with E-state index >= 15 is 0 Å². The number of anilines is 1. The zero-order chi connectivity index (χ0) is 14.7. The molecule has 0 aliphatic rings. The molecule has 0 spiro atoms. The molecule has 0 aliphatic carbocycles. The summed E-state index contributed by atoms with van der Waals surface area (Å²) in [5.74, 6) is -0.0988. The number of carbonyl (C=O) groups excluding carboxylic acids is 1. The first kappa shape index (κ1) is 14.9. The van der Waals surface area contributed by atoms with Gasteiger partial charge in [-0.1, -0.05) is 0 Å². The van der Waals surface area contributed by atoms with Crippen molar-refractivity contribution in [2.24, 2.45) is 0 Å². The van der Waals surface area contributed by atoms with Crippen LogP contribution in [0.4, 0.5) is 10.1 Å². The Morgan fingerprint density at radius 1 is 1.50 bits per heavy atom. The number of nitrogens with one attached hydrogen (secondary N) is 1. The van der Waals surface area contributed by atoms with E-state index in [1.807, 2.05) is 0 Å². The van der Waals surface area contributed by atoms with Crippen LogP contribution in [-0.2, 0) is 10.8 Å². The molecular weight excluding hydrogens is 299 g/mol. The summed E-state index contributed by atoms with van der Waals surface area (Å²) < 4.78 is 24.9. The second-order valence-corrected chi connectivity index (χ2v) is 6.98. The Morgan fingerprint density at radius 2 is 2.25 bits per heavy atom. The summed E-state index contributed by atoms with van der Waals surface area (Å²) in [5, 5.41) is 3.30. The molecule has 3 N–H and O–H groups in total. The number of hydrogen-bond acceptors (Lipinski definition) is 4. The Balaban J connectivity index is 2.10. The third-order valence-electron chi connectivity index (χ3n) is 2.79. The maximum atomic E-state index is 13.2. The van der Waals surface area contributed by atoms with Crippen LogP contribution < -0.4 is 11.1 Å². The van der Waals surface area contributed by atoms with Crippen LogP contribution in [0.5, 0.6) is 0 Å². The quantitative estimate of drug-likeness (QED) is 0.830. The predicted molar refractivity (Wildman–Crippen MR) is 82.1 cm³/mol. The maximum Gasteiger partial charge on any atom is 0.263 e. The molecule has 2 rings (SSSR count). The normalized spacial score (nSPS) is 12.5. The van der Waals surface area contributed by atoms with E-state index in [-0.39, 0.29) is 11.7 Å². The molecule has 1 amide bonds. The topological polar surface area (TPSA) is 72.2 Å². The summed E-state index contributed by atoms with van der Waals surface area (Å²) in [4.78, 5) is 12.4. The van der Waals surface area contributed by atoms with Crippen LogP contribution in [0.3, 0.4) is 0 Å². The Labute approximate surface area is 122 Å². The highest BCUT2D eigenvalue weighted by Crippen LogP contribution is 2.33. The number of nitrogen functional groups attached to an aromatic ring is 1. The minimum absolute atomic E-state index is 0.272. The number of nitrogens with two attached hydrogens (primary N) is 1. The van der Waals surface area contributed by atoms with Gasteiger partial charge >= 0.3 is 0 Å². The second kappa shape index (κ2) is 6.32. The fraction of sp³-hybridized carbons (Fsp3) is 0.308. The summed E-state index contributed by atoms with van der Waals surface area (Å²) in [6.45, 7) is 0.445. The number of thiophene rings is 1. The van der Waals surface area contributed by atoms with Gasteiger partial charge in [0, 0.05) is 39.4 Å². The molecule has 7 heteroatoms. The Bertz CT molecular complexity index is 670. The van der Waals surface area contributed by atoms with Gasteiger partial charge in [0.25, 0.3) is 5.91 Å². The van der Waals surface area contributed by atoms with Crippen LogP contribution in [0.25, 0.3) is 10.1 Å². The average Bonchev–Trinajstić information content (AvgIpc) is 2.72. The number of halogens is 1. The number of amides is 1. The minimum atomic E-state index is -0.859. The molecule has 20 heavy (non-hydrogen) atoms. The maximum absolute atomic E-state index is 13.2. The van der Waals surface area contributed by atoms with E-state index in [9.17, 15) is 13.4 Å². The van der Waals surface area contributed by atoms with E-state index in [0.717, 1.165) is 4.70 Å². The number of fused-ring (bicyclic) bond motifs is 1. The van der Waals surface area contributed by atoms with Crippen LogP contribution in [0.2, 0.25) is 0 Å². The Hall–Kier alpha value is -1.47. The first-order chi connectivity index (χ1) is 9.49. The zero-order valence-corrected chi connectivity index (χ0v) is 12.6. The minimum Gasteiger partial charge on any atom is -0.397 e. The van der Waals surface area contributed by atoms with Gasteiger partial charge in [-0.15, -0.1) is 11.3 Å². The molecule has 108 valence electrons. The van der Waals surface area contributed by atoms with Crippen LogP contribution in [-0.4, -0.2) is 28.7 Å². The van der Waals surface area contributed by atoms with E-state index in [4.69, 9.17) is 5.73 Å². The first-order valence-corrected chi connectivity index (χ1v) is 8.59. The van der Waals surface area contributed by atoms with E-state index in [1.165, 1.54) is 23.5 Å². The van der Waals surface area contributed by atoms with E-state index in [0.29, 0.717) is 34.7 Å². The second-order valence-electron chi connectivity index (χ2n) is 4.37. The van der Waals surface area contributed by atoms with Crippen LogP contribution in [0.1, 0.15) is 16.1 Å². The highest BCUT2D eigenvalue weighted by Gasteiger charge is 2.16. The van der Waals surface area contributed by atoms with Gasteiger partial charge in [0.2, 0.25) is 0 Å². The van der Waals surface area contributed by atoms with Crippen molar-refractivity contribution in [3.05, 3.63) is 28.9 Å². The van der Waals surface area contributed by atoms with E-state index in [1.54, 1.807) is 12.3 Å². The van der Waals surface area contributed by atoms with Crippen molar-refractivity contribution in [3.8, 4) is 0 Å². The standard InChI is InChI=1S/C13H15FN2O2S2/c1-20(18)6-2-5-16-13(17)12-11(15)9-7-8(14)3-4-10(9)19-12/h3-4,7H,2,5-6,15H2,1H3,(H,16,17). The van der Waals surface area contributed by atoms with Gasteiger partial charge in [-0.05, 0) is 24.6 Å². The van der Waals surface area contributed by atoms with Crippen molar-refractivity contribution in [1.82, 2.24) is 5.32 Å². The smallest absolute Gasteiger partial charge is 0.263 e. The average molecular weight is 314 g/mol. The van der Waals surface area contributed by atoms with Crippen molar-refractivity contribution in [1.29, 1.82) is 0 Å². The number of benzene rings is 1. The Morgan fingerprint density at radius 3 is 2.95 bits per heavy atom. The molecule has 0 radical (unpaired) electrons. The molecule has 4 nitrogen and oxygen atoms in total. The third kappa shape index (κ3) is 3.34. The van der Waals surface area contributed by atoms with Gasteiger partial charge in [-0.3, -0.25) is 9.00 Å². The van der Waals surface area contributed by atoms with Gasteiger partial charge in [0.15, 0.2) is 0 Å². The fourth-order valence-corrected chi connectivity index (χ4v) is 3.39. The third-order valence-corrected chi connectivity index (χ3v) is 4.84. The molecule has 0 aliphatic heterocycles. The van der Waals surface area contributed by atoms with Crippen molar-refractivity contribution < 1.29 is 13.4 Å². The molecule has 1 aromatic heterocycles. The molecule has 0 saturated heterocycles. The highest BCUT2D eigenvalue weighted by atomic mass is 32.2. The summed E-state index contributed by atoms with van der Waals surface area (Å²) in [6, 6.07) is 4.29. The Kier molecular flexibility index (Phi) is 4.72. The molecule has 0 bridgehead atoms. The fourth-order valence-electron chi connectivity index (χ4n) is 1.82. The molecule has 0 fully saturated rings.